The number of benzene rings is 1. The van der Waals surface area contributed by atoms with Crippen molar-refractivity contribution in [3.05, 3.63) is 40.0 Å². The largest absolute Gasteiger partial charge is 0.384 e. The van der Waals surface area contributed by atoms with Gasteiger partial charge >= 0.3 is 0 Å². The lowest BCUT2D eigenvalue weighted by atomic mass is 10.2. The molecule has 0 saturated heterocycles. The highest BCUT2D eigenvalue weighted by Gasteiger charge is 2.11. The molecule has 0 saturated carbocycles. The first-order valence-electron chi connectivity index (χ1n) is 4.63. The van der Waals surface area contributed by atoms with Crippen LogP contribution in [0.1, 0.15) is 5.69 Å². The molecule has 0 bridgehead atoms. The summed E-state index contributed by atoms with van der Waals surface area (Å²) in [5, 5.41) is 1.02. The minimum atomic E-state index is 0.401. The van der Waals surface area contributed by atoms with Crippen LogP contribution in [0.15, 0.2) is 24.3 Å². The molecule has 0 spiro atoms. The highest BCUT2D eigenvalue weighted by molar-refractivity contribution is 6.38. The Morgan fingerprint density at radius 1 is 1.12 bits per heavy atom. The molecule has 0 fully saturated rings. The van der Waals surface area contributed by atoms with Crippen molar-refractivity contribution >= 4 is 29.0 Å². The fourth-order valence-corrected chi connectivity index (χ4v) is 1.98. The lowest BCUT2D eigenvalue weighted by Crippen LogP contribution is -1.98. The molecule has 2 N–H and O–H groups in total. The summed E-state index contributed by atoms with van der Waals surface area (Å²) in [6.07, 6.45) is 0. The van der Waals surface area contributed by atoms with Crippen molar-refractivity contribution in [1.82, 2.24) is 9.97 Å². The first kappa shape index (κ1) is 11.2. The predicted molar refractivity (Wildman–Crippen MR) is 66.6 cm³/mol. The Morgan fingerprint density at radius 2 is 1.75 bits per heavy atom. The van der Waals surface area contributed by atoms with Gasteiger partial charge < -0.3 is 5.73 Å². The van der Waals surface area contributed by atoms with Gasteiger partial charge in [-0.3, -0.25) is 0 Å². The van der Waals surface area contributed by atoms with Crippen LogP contribution in [0.4, 0.5) is 5.82 Å². The maximum atomic E-state index is 6.06. The van der Waals surface area contributed by atoms with Gasteiger partial charge in [-0.15, -0.1) is 0 Å². The van der Waals surface area contributed by atoms with Gasteiger partial charge in [-0.25, -0.2) is 9.97 Å². The summed E-state index contributed by atoms with van der Waals surface area (Å²) < 4.78 is 0. The molecule has 0 aliphatic carbocycles. The summed E-state index contributed by atoms with van der Waals surface area (Å²) in [5.41, 5.74) is 7.05. The number of nitrogen functional groups attached to an aromatic ring is 1. The Bertz CT molecular complexity index is 500. The summed E-state index contributed by atoms with van der Waals surface area (Å²) in [5.74, 6) is 0.853. The van der Waals surface area contributed by atoms with Crippen LogP contribution in [0, 0.1) is 6.92 Å². The van der Waals surface area contributed by atoms with Crippen LogP contribution < -0.4 is 5.73 Å². The molecule has 0 amide bonds. The second-order valence-electron chi connectivity index (χ2n) is 3.35. The fourth-order valence-electron chi connectivity index (χ4n) is 1.42. The first-order chi connectivity index (χ1) is 7.58. The van der Waals surface area contributed by atoms with Crippen molar-refractivity contribution in [3.63, 3.8) is 0 Å². The molecule has 1 aromatic heterocycles. The van der Waals surface area contributed by atoms with Crippen LogP contribution in [0.5, 0.6) is 0 Å². The summed E-state index contributed by atoms with van der Waals surface area (Å²) in [7, 11) is 0. The lowest BCUT2D eigenvalue weighted by Gasteiger charge is -2.06. The Balaban J connectivity index is 2.67. The summed E-state index contributed by atoms with van der Waals surface area (Å²) in [4.78, 5) is 8.39. The van der Waals surface area contributed by atoms with Gasteiger partial charge in [0, 0.05) is 11.8 Å². The van der Waals surface area contributed by atoms with E-state index in [1.807, 2.05) is 6.92 Å². The van der Waals surface area contributed by atoms with Crippen LogP contribution in [0.25, 0.3) is 11.4 Å². The van der Waals surface area contributed by atoms with E-state index in [9.17, 15) is 0 Å². The van der Waals surface area contributed by atoms with E-state index >= 15 is 0 Å². The van der Waals surface area contributed by atoms with Crippen LogP contribution in [0.3, 0.4) is 0 Å². The molecule has 0 radical (unpaired) electrons. The minimum absolute atomic E-state index is 0.401. The molecule has 0 aliphatic heterocycles. The number of hydrogen-bond acceptors (Lipinski definition) is 3. The minimum Gasteiger partial charge on any atom is -0.384 e. The molecule has 82 valence electrons. The summed E-state index contributed by atoms with van der Waals surface area (Å²) in [6, 6.07) is 6.94. The fraction of sp³-hybridized carbons (Fsp3) is 0.0909. The third-order valence-electron chi connectivity index (χ3n) is 2.06. The van der Waals surface area contributed by atoms with Gasteiger partial charge in [0.2, 0.25) is 0 Å². The lowest BCUT2D eigenvalue weighted by molar-refractivity contribution is 1.12. The normalized spacial score (nSPS) is 10.4. The zero-order chi connectivity index (χ0) is 11.7. The highest BCUT2D eigenvalue weighted by Crippen LogP contribution is 2.32. The Hall–Kier alpha value is -1.32. The van der Waals surface area contributed by atoms with Gasteiger partial charge in [0.1, 0.15) is 5.82 Å². The molecule has 0 unspecified atom stereocenters. The SMILES string of the molecule is Cc1cc(N)nc(-c2c(Cl)cccc2Cl)n1. The molecule has 2 aromatic rings. The molecule has 16 heavy (non-hydrogen) atoms. The number of anilines is 1. The number of nitrogens with zero attached hydrogens (tertiary/aromatic N) is 2. The second-order valence-corrected chi connectivity index (χ2v) is 4.17. The predicted octanol–water partition coefficient (Wildman–Crippen LogP) is 3.34. The van der Waals surface area contributed by atoms with E-state index in [2.05, 4.69) is 9.97 Å². The number of aromatic nitrogens is 2. The quantitative estimate of drug-likeness (QED) is 0.849. The van der Waals surface area contributed by atoms with Crippen molar-refractivity contribution in [2.24, 2.45) is 0 Å². The van der Waals surface area contributed by atoms with Crippen molar-refractivity contribution in [2.75, 3.05) is 5.73 Å². The smallest absolute Gasteiger partial charge is 0.164 e. The summed E-state index contributed by atoms with van der Waals surface area (Å²) in [6.45, 7) is 1.84. The van der Waals surface area contributed by atoms with E-state index in [1.54, 1.807) is 24.3 Å². The second kappa shape index (κ2) is 4.28. The Morgan fingerprint density at radius 3 is 2.31 bits per heavy atom. The van der Waals surface area contributed by atoms with Crippen molar-refractivity contribution < 1.29 is 0 Å². The van der Waals surface area contributed by atoms with E-state index in [0.717, 1.165) is 5.69 Å². The molecular formula is C11H9Cl2N3. The van der Waals surface area contributed by atoms with E-state index in [4.69, 9.17) is 28.9 Å². The maximum absolute atomic E-state index is 6.06. The van der Waals surface area contributed by atoms with Gasteiger partial charge in [0.25, 0.3) is 0 Å². The average molecular weight is 254 g/mol. The zero-order valence-corrected chi connectivity index (χ0v) is 10.0. The third kappa shape index (κ3) is 2.10. The number of nitrogens with two attached hydrogens (primary N) is 1. The molecule has 3 nitrogen and oxygen atoms in total. The van der Waals surface area contributed by atoms with Crippen LogP contribution in [-0.4, -0.2) is 9.97 Å². The highest BCUT2D eigenvalue weighted by atomic mass is 35.5. The van der Waals surface area contributed by atoms with Gasteiger partial charge in [-0.2, -0.15) is 0 Å². The molecular weight excluding hydrogens is 245 g/mol. The topological polar surface area (TPSA) is 51.8 Å². The molecule has 0 atom stereocenters. The monoisotopic (exact) mass is 253 g/mol. The van der Waals surface area contributed by atoms with E-state index < -0.39 is 0 Å². The van der Waals surface area contributed by atoms with Gasteiger partial charge in [0.05, 0.1) is 15.6 Å². The Kier molecular flexibility index (Phi) is 2.99. The Labute approximate surface area is 103 Å². The molecule has 5 heteroatoms. The van der Waals surface area contributed by atoms with Crippen LogP contribution >= 0.6 is 23.2 Å². The number of halogens is 2. The van der Waals surface area contributed by atoms with E-state index in [0.29, 0.717) is 27.3 Å². The van der Waals surface area contributed by atoms with Gasteiger partial charge in [-0.1, -0.05) is 29.3 Å². The number of hydrogen-bond donors (Lipinski definition) is 1. The molecule has 0 aliphatic rings. The van der Waals surface area contributed by atoms with E-state index in [-0.39, 0.29) is 0 Å². The van der Waals surface area contributed by atoms with Crippen molar-refractivity contribution in [3.8, 4) is 11.4 Å². The number of rotatable bonds is 1. The zero-order valence-electron chi connectivity index (χ0n) is 8.54. The van der Waals surface area contributed by atoms with Crippen LogP contribution in [-0.2, 0) is 0 Å². The van der Waals surface area contributed by atoms with Crippen LogP contribution in [0.2, 0.25) is 10.0 Å². The molecule has 2 rings (SSSR count). The van der Waals surface area contributed by atoms with Gasteiger partial charge in [-0.05, 0) is 19.1 Å². The standard InChI is InChI=1S/C11H9Cl2N3/c1-6-5-9(14)16-11(15-6)10-7(12)3-2-4-8(10)13/h2-5H,1H3,(H2,14,15,16). The summed E-state index contributed by atoms with van der Waals surface area (Å²) >= 11 is 12.1. The third-order valence-corrected chi connectivity index (χ3v) is 2.69. The molecule has 1 heterocycles. The van der Waals surface area contributed by atoms with Gasteiger partial charge in [0.15, 0.2) is 5.82 Å². The van der Waals surface area contributed by atoms with Crippen molar-refractivity contribution in [1.29, 1.82) is 0 Å². The first-order valence-corrected chi connectivity index (χ1v) is 5.39. The number of aryl methyl sites for hydroxylation is 1. The average Bonchev–Trinajstić information content (AvgIpc) is 2.15. The van der Waals surface area contributed by atoms with Crippen molar-refractivity contribution in [2.45, 2.75) is 6.92 Å². The van der Waals surface area contributed by atoms with E-state index in [1.165, 1.54) is 0 Å². The molecule has 1 aromatic carbocycles. The maximum Gasteiger partial charge on any atom is 0.164 e.